The van der Waals surface area contributed by atoms with Crippen molar-refractivity contribution in [1.29, 1.82) is 0 Å². The maximum Gasteiger partial charge on any atom is 0.244 e. The van der Waals surface area contributed by atoms with Gasteiger partial charge in [-0.3, -0.25) is 4.98 Å². The molecule has 0 amide bonds. The Kier molecular flexibility index (Phi) is 6.34. The van der Waals surface area contributed by atoms with E-state index < -0.39 is 10.0 Å². The predicted octanol–water partition coefficient (Wildman–Crippen LogP) is 3.36. The van der Waals surface area contributed by atoms with Gasteiger partial charge in [-0.05, 0) is 55.2 Å². The van der Waals surface area contributed by atoms with E-state index in [1.165, 1.54) is 0 Å². The van der Waals surface area contributed by atoms with Crippen molar-refractivity contribution in [2.75, 3.05) is 6.61 Å². The number of hydrogen-bond donors (Lipinski definition) is 1. The van der Waals surface area contributed by atoms with Crippen LogP contribution in [0, 0.1) is 13.8 Å². The van der Waals surface area contributed by atoms with Crippen molar-refractivity contribution in [3.63, 3.8) is 0 Å². The van der Waals surface area contributed by atoms with Crippen LogP contribution in [-0.2, 0) is 16.6 Å². The minimum Gasteiger partial charge on any atom is -0.492 e. The van der Waals surface area contributed by atoms with Crippen molar-refractivity contribution in [1.82, 2.24) is 9.71 Å². The minimum absolute atomic E-state index is 0.186. The van der Waals surface area contributed by atoms with Crippen LogP contribution in [0.2, 0.25) is 0 Å². The molecule has 0 bridgehead atoms. The quantitative estimate of drug-likeness (QED) is 0.743. The van der Waals surface area contributed by atoms with Crippen LogP contribution in [0.1, 0.15) is 36.5 Å². The van der Waals surface area contributed by atoms with Crippen molar-refractivity contribution in [3.05, 3.63) is 53.3 Å². The van der Waals surface area contributed by atoms with Gasteiger partial charge < -0.3 is 4.74 Å². The van der Waals surface area contributed by atoms with Crippen LogP contribution in [0.5, 0.6) is 5.75 Å². The smallest absolute Gasteiger partial charge is 0.244 e. The van der Waals surface area contributed by atoms with Crippen LogP contribution in [0.25, 0.3) is 0 Å². The zero-order valence-corrected chi connectivity index (χ0v) is 15.2. The van der Waals surface area contributed by atoms with Crippen LogP contribution < -0.4 is 9.46 Å². The Morgan fingerprint density at radius 1 is 1.21 bits per heavy atom. The third kappa shape index (κ3) is 4.79. The highest BCUT2D eigenvalue weighted by atomic mass is 32.2. The fourth-order valence-electron chi connectivity index (χ4n) is 2.17. The fourth-order valence-corrected chi connectivity index (χ4v) is 3.40. The summed E-state index contributed by atoms with van der Waals surface area (Å²) >= 11 is 0. The molecule has 0 atom stereocenters. The molecule has 0 fully saturated rings. The van der Waals surface area contributed by atoms with Crippen molar-refractivity contribution in [3.8, 4) is 5.75 Å². The number of ether oxygens (including phenoxy) is 1. The SMILES string of the molecule is CCCCOc1cc(C)c(C)cc1S(=O)(=O)NCc1cccnc1. The standard InChI is InChI=1S/C18H24N2O3S/c1-4-5-9-23-17-10-14(2)15(3)11-18(17)24(21,22)20-13-16-7-6-8-19-12-16/h6-8,10-12,20H,4-5,9,13H2,1-3H3. The van der Waals surface area contributed by atoms with Crippen molar-refractivity contribution in [2.45, 2.75) is 45.1 Å². The molecule has 0 aliphatic rings. The highest BCUT2D eigenvalue weighted by Crippen LogP contribution is 2.28. The third-order valence-corrected chi connectivity index (χ3v) is 5.22. The Labute approximate surface area is 144 Å². The first-order valence-corrected chi connectivity index (χ1v) is 9.55. The van der Waals surface area contributed by atoms with Gasteiger partial charge in [-0.2, -0.15) is 0 Å². The Balaban J connectivity index is 2.25. The summed E-state index contributed by atoms with van der Waals surface area (Å²) in [4.78, 5) is 4.18. The lowest BCUT2D eigenvalue weighted by atomic mass is 10.1. The number of sulfonamides is 1. The van der Waals surface area contributed by atoms with Gasteiger partial charge >= 0.3 is 0 Å². The monoisotopic (exact) mass is 348 g/mol. The van der Waals surface area contributed by atoms with E-state index in [1.54, 1.807) is 30.6 Å². The molecule has 1 aromatic heterocycles. The molecule has 1 aromatic carbocycles. The van der Waals surface area contributed by atoms with E-state index in [0.29, 0.717) is 12.4 Å². The van der Waals surface area contributed by atoms with Gasteiger partial charge in [-0.25, -0.2) is 13.1 Å². The zero-order valence-electron chi connectivity index (χ0n) is 14.4. The van der Waals surface area contributed by atoms with E-state index in [2.05, 4.69) is 16.6 Å². The molecule has 2 rings (SSSR count). The molecule has 0 saturated carbocycles. The van der Waals surface area contributed by atoms with Gasteiger partial charge in [0.25, 0.3) is 0 Å². The van der Waals surface area contributed by atoms with Crippen LogP contribution in [0.4, 0.5) is 0 Å². The molecule has 5 nitrogen and oxygen atoms in total. The fraction of sp³-hybridized carbons (Fsp3) is 0.389. The highest BCUT2D eigenvalue weighted by Gasteiger charge is 2.21. The molecular formula is C18H24N2O3S. The maximum atomic E-state index is 12.7. The van der Waals surface area contributed by atoms with E-state index in [9.17, 15) is 8.42 Å². The molecule has 0 radical (unpaired) electrons. The number of pyridine rings is 1. The molecule has 2 aromatic rings. The van der Waals surface area contributed by atoms with Gasteiger partial charge in [0.2, 0.25) is 10.0 Å². The molecule has 0 spiro atoms. The molecule has 0 unspecified atom stereocenters. The lowest BCUT2D eigenvalue weighted by Gasteiger charge is -2.15. The lowest BCUT2D eigenvalue weighted by molar-refractivity contribution is 0.301. The molecule has 1 heterocycles. The maximum absolute atomic E-state index is 12.7. The number of unbranched alkanes of at least 4 members (excludes halogenated alkanes) is 1. The van der Waals surface area contributed by atoms with Gasteiger partial charge in [0.05, 0.1) is 6.61 Å². The van der Waals surface area contributed by atoms with Crippen molar-refractivity contribution in [2.24, 2.45) is 0 Å². The lowest BCUT2D eigenvalue weighted by Crippen LogP contribution is -2.24. The summed E-state index contributed by atoms with van der Waals surface area (Å²) in [7, 11) is -3.67. The molecule has 1 N–H and O–H groups in total. The molecule has 130 valence electrons. The van der Waals surface area contributed by atoms with E-state index in [4.69, 9.17) is 4.74 Å². The first-order chi connectivity index (χ1) is 11.4. The van der Waals surface area contributed by atoms with Crippen molar-refractivity contribution < 1.29 is 13.2 Å². The molecular weight excluding hydrogens is 324 g/mol. The summed E-state index contributed by atoms with van der Waals surface area (Å²) in [5, 5.41) is 0. The Morgan fingerprint density at radius 2 is 1.96 bits per heavy atom. The average molecular weight is 348 g/mol. The van der Waals surface area contributed by atoms with Crippen LogP contribution in [0.3, 0.4) is 0 Å². The number of nitrogens with zero attached hydrogens (tertiary/aromatic N) is 1. The second kappa shape index (κ2) is 8.26. The van der Waals surface area contributed by atoms with Crippen molar-refractivity contribution >= 4 is 10.0 Å². The zero-order chi connectivity index (χ0) is 17.6. The summed E-state index contributed by atoms with van der Waals surface area (Å²) in [6.07, 6.45) is 5.17. The summed E-state index contributed by atoms with van der Waals surface area (Å²) in [5.74, 6) is 0.408. The van der Waals surface area contributed by atoms with Crippen LogP contribution in [0.15, 0.2) is 41.6 Å². The number of aromatic nitrogens is 1. The van der Waals surface area contributed by atoms with Crippen LogP contribution in [-0.4, -0.2) is 20.0 Å². The number of rotatable bonds is 8. The van der Waals surface area contributed by atoms with Gasteiger partial charge in [-0.15, -0.1) is 0 Å². The third-order valence-electron chi connectivity index (χ3n) is 3.79. The second-order valence-corrected chi connectivity index (χ2v) is 7.51. The largest absolute Gasteiger partial charge is 0.492 e. The molecule has 24 heavy (non-hydrogen) atoms. The topological polar surface area (TPSA) is 68.3 Å². The average Bonchev–Trinajstić information content (AvgIpc) is 2.57. The summed E-state index contributed by atoms with van der Waals surface area (Å²) in [6, 6.07) is 7.07. The normalized spacial score (nSPS) is 11.5. The highest BCUT2D eigenvalue weighted by molar-refractivity contribution is 7.89. The predicted molar refractivity (Wildman–Crippen MR) is 94.6 cm³/mol. The Bertz CT molecular complexity index is 774. The first kappa shape index (κ1) is 18.4. The number of nitrogens with one attached hydrogen (secondary N) is 1. The van der Waals surface area contributed by atoms with Gasteiger partial charge in [0.15, 0.2) is 0 Å². The van der Waals surface area contributed by atoms with Gasteiger partial charge in [0, 0.05) is 18.9 Å². The molecule has 0 aliphatic carbocycles. The molecule has 0 aliphatic heterocycles. The first-order valence-electron chi connectivity index (χ1n) is 8.06. The second-order valence-electron chi connectivity index (χ2n) is 5.77. The number of hydrogen-bond acceptors (Lipinski definition) is 4. The molecule has 6 heteroatoms. The Hall–Kier alpha value is -1.92. The van der Waals surface area contributed by atoms with E-state index in [1.807, 2.05) is 19.9 Å². The summed E-state index contributed by atoms with van der Waals surface area (Å²) < 4.78 is 33.8. The van der Waals surface area contributed by atoms with Gasteiger partial charge in [0.1, 0.15) is 10.6 Å². The number of benzene rings is 1. The van der Waals surface area contributed by atoms with Crippen LogP contribution >= 0.6 is 0 Å². The minimum atomic E-state index is -3.67. The number of aryl methyl sites for hydroxylation is 2. The van der Waals surface area contributed by atoms with E-state index in [0.717, 1.165) is 29.5 Å². The summed E-state index contributed by atoms with van der Waals surface area (Å²) in [5.41, 5.74) is 2.73. The summed E-state index contributed by atoms with van der Waals surface area (Å²) in [6.45, 7) is 6.60. The van der Waals surface area contributed by atoms with E-state index in [-0.39, 0.29) is 11.4 Å². The van der Waals surface area contributed by atoms with E-state index >= 15 is 0 Å². The Morgan fingerprint density at radius 3 is 2.62 bits per heavy atom. The molecule has 0 saturated heterocycles. The van der Waals surface area contributed by atoms with Gasteiger partial charge in [-0.1, -0.05) is 19.4 Å².